The third-order valence-electron chi connectivity index (χ3n) is 3.07. The van der Waals surface area contributed by atoms with Gasteiger partial charge in [-0.1, -0.05) is 17.7 Å². The zero-order chi connectivity index (χ0) is 14.5. The molecule has 0 radical (unpaired) electrons. The van der Waals surface area contributed by atoms with E-state index in [0.717, 1.165) is 16.9 Å². The van der Waals surface area contributed by atoms with Crippen molar-refractivity contribution in [3.05, 3.63) is 58.9 Å². The second-order valence-corrected chi connectivity index (χ2v) is 4.84. The van der Waals surface area contributed by atoms with Crippen molar-refractivity contribution in [1.82, 2.24) is 10.3 Å². The van der Waals surface area contributed by atoms with Gasteiger partial charge in [-0.2, -0.15) is 0 Å². The van der Waals surface area contributed by atoms with E-state index in [1.807, 2.05) is 33.0 Å². The number of nitrogens with one attached hydrogen (secondary N) is 2. The van der Waals surface area contributed by atoms with Crippen LogP contribution in [0.2, 0.25) is 0 Å². The summed E-state index contributed by atoms with van der Waals surface area (Å²) in [6.07, 6.45) is 1.66. The lowest BCUT2D eigenvalue weighted by Crippen LogP contribution is -2.14. The summed E-state index contributed by atoms with van der Waals surface area (Å²) in [6, 6.07) is 9.49. The fourth-order valence-electron chi connectivity index (χ4n) is 2.05. The van der Waals surface area contributed by atoms with E-state index in [1.165, 1.54) is 5.56 Å². The number of carbonyl (C=O) groups excluding carboxylic acids is 1. The molecule has 0 unspecified atom stereocenters. The number of benzene rings is 1. The molecule has 1 aromatic heterocycles. The van der Waals surface area contributed by atoms with Crippen molar-refractivity contribution >= 4 is 11.6 Å². The van der Waals surface area contributed by atoms with Gasteiger partial charge in [0.15, 0.2) is 0 Å². The van der Waals surface area contributed by atoms with E-state index < -0.39 is 0 Å². The van der Waals surface area contributed by atoms with E-state index in [4.69, 9.17) is 0 Å². The molecule has 0 fully saturated rings. The Labute approximate surface area is 119 Å². The summed E-state index contributed by atoms with van der Waals surface area (Å²) in [5, 5.41) is 5.96. The fraction of sp³-hybridized carbons (Fsp3) is 0.250. The number of pyridine rings is 1. The quantitative estimate of drug-likeness (QED) is 0.897. The zero-order valence-electron chi connectivity index (χ0n) is 12.0. The third-order valence-corrected chi connectivity index (χ3v) is 3.07. The number of nitrogens with zero attached hydrogens (tertiary/aromatic N) is 1. The van der Waals surface area contributed by atoms with Crippen LogP contribution in [0.4, 0.5) is 5.69 Å². The predicted molar refractivity (Wildman–Crippen MR) is 80.9 cm³/mol. The monoisotopic (exact) mass is 269 g/mol. The summed E-state index contributed by atoms with van der Waals surface area (Å²) >= 11 is 0. The summed E-state index contributed by atoms with van der Waals surface area (Å²) in [5.74, 6) is -0.114. The van der Waals surface area contributed by atoms with Gasteiger partial charge in [-0.25, -0.2) is 0 Å². The normalized spacial score (nSPS) is 10.3. The maximum Gasteiger partial charge on any atom is 0.255 e. The van der Waals surface area contributed by atoms with Crippen LogP contribution in [0, 0.1) is 13.8 Å². The van der Waals surface area contributed by atoms with Crippen molar-refractivity contribution in [2.24, 2.45) is 0 Å². The Morgan fingerprint density at radius 1 is 1.20 bits per heavy atom. The van der Waals surface area contributed by atoms with E-state index in [2.05, 4.69) is 21.7 Å². The molecule has 0 saturated heterocycles. The third kappa shape index (κ3) is 3.42. The van der Waals surface area contributed by atoms with Gasteiger partial charge in [0.2, 0.25) is 0 Å². The van der Waals surface area contributed by atoms with Crippen LogP contribution in [-0.2, 0) is 6.54 Å². The van der Waals surface area contributed by atoms with Gasteiger partial charge in [0.05, 0.1) is 5.69 Å². The first-order valence-corrected chi connectivity index (χ1v) is 6.58. The number of rotatable bonds is 4. The molecule has 0 aliphatic carbocycles. The van der Waals surface area contributed by atoms with Crippen molar-refractivity contribution in [2.45, 2.75) is 20.4 Å². The van der Waals surface area contributed by atoms with Gasteiger partial charge in [-0.05, 0) is 44.7 Å². The highest BCUT2D eigenvalue weighted by molar-refractivity contribution is 6.04. The van der Waals surface area contributed by atoms with Gasteiger partial charge in [0.1, 0.15) is 0 Å². The molecule has 1 aromatic carbocycles. The lowest BCUT2D eigenvalue weighted by Gasteiger charge is -2.09. The smallest absolute Gasteiger partial charge is 0.255 e. The van der Waals surface area contributed by atoms with Gasteiger partial charge in [0, 0.05) is 24.0 Å². The van der Waals surface area contributed by atoms with Gasteiger partial charge >= 0.3 is 0 Å². The van der Waals surface area contributed by atoms with Crippen molar-refractivity contribution in [2.75, 3.05) is 12.4 Å². The molecule has 0 aliphatic rings. The van der Waals surface area contributed by atoms with Gasteiger partial charge in [0.25, 0.3) is 5.91 Å². The topological polar surface area (TPSA) is 54.0 Å². The molecule has 104 valence electrons. The molecule has 2 aromatic rings. The highest BCUT2D eigenvalue weighted by Crippen LogP contribution is 2.17. The van der Waals surface area contributed by atoms with Crippen LogP contribution in [0.25, 0.3) is 0 Å². The highest BCUT2D eigenvalue weighted by atomic mass is 16.1. The second-order valence-electron chi connectivity index (χ2n) is 4.84. The molecule has 0 bridgehead atoms. The molecule has 0 atom stereocenters. The SMILES string of the molecule is CNCc1cc(C(=O)Nc2ccc(C)cc2C)ccn1. The van der Waals surface area contributed by atoms with Gasteiger partial charge < -0.3 is 10.6 Å². The summed E-state index contributed by atoms with van der Waals surface area (Å²) in [6.45, 7) is 4.66. The Morgan fingerprint density at radius 3 is 2.70 bits per heavy atom. The maximum absolute atomic E-state index is 12.2. The minimum absolute atomic E-state index is 0.114. The van der Waals surface area contributed by atoms with E-state index >= 15 is 0 Å². The summed E-state index contributed by atoms with van der Waals surface area (Å²) in [7, 11) is 1.85. The molecular formula is C16H19N3O. The van der Waals surface area contributed by atoms with Crippen LogP contribution in [0.1, 0.15) is 27.2 Å². The number of aromatic nitrogens is 1. The Morgan fingerprint density at radius 2 is 2.00 bits per heavy atom. The Hall–Kier alpha value is -2.20. The average molecular weight is 269 g/mol. The van der Waals surface area contributed by atoms with Gasteiger partial charge in [-0.15, -0.1) is 0 Å². The molecular weight excluding hydrogens is 250 g/mol. The van der Waals surface area contributed by atoms with Crippen LogP contribution in [-0.4, -0.2) is 17.9 Å². The molecule has 2 N–H and O–H groups in total. The Kier molecular flexibility index (Phi) is 4.48. The number of carbonyl (C=O) groups is 1. The van der Waals surface area contributed by atoms with Crippen LogP contribution in [0.3, 0.4) is 0 Å². The highest BCUT2D eigenvalue weighted by Gasteiger charge is 2.08. The number of hydrogen-bond acceptors (Lipinski definition) is 3. The van der Waals surface area contributed by atoms with Crippen molar-refractivity contribution in [3.63, 3.8) is 0 Å². The number of anilines is 1. The molecule has 0 saturated carbocycles. The molecule has 0 spiro atoms. The fourth-order valence-corrected chi connectivity index (χ4v) is 2.05. The van der Waals surface area contributed by atoms with Crippen molar-refractivity contribution in [1.29, 1.82) is 0 Å². The molecule has 2 rings (SSSR count). The van der Waals surface area contributed by atoms with E-state index in [0.29, 0.717) is 12.1 Å². The Balaban J connectivity index is 2.17. The molecule has 20 heavy (non-hydrogen) atoms. The lowest BCUT2D eigenvalue weighted by molar-refractivity contribution is 0.102. The van der Waals surface area contributed by atoms with Gasteiger partial charge in [-0.3, -0.25) is 9.78 Å². The Bertz CT molecular complexity index is 623. The molecule has 4 heteroatoms. The summed E-state index contributed by atoms with van der Waals surface area (Å²) in [5.41, 5.74) is 4.54. The zero-order valence-corrected chi connectivity index (χ0v) is 12.0. The molecule has 0 aliphatic heterocycles. The average Bonchev–Trinajstić information content (AvgIpc) is 2.42. The van der Waals surface area contributed by atoms with Crippen molar-refractivity contribution in [3.8, 4) is 0 Å². The maximum atomic E-state index is 12.2. The number of hydrogen-bond donors (Lipinski definition) is 2. The number of amides is 1. The van der Waals surface area contributed by atoms with Crippen LogP contribution >= 0.6 is 0 Å². The minimum Gasteiger partial charge on any atom is -0.322 e. The molecule has 1 heterocycles. The van der Waals surface area contributed by atoms with Crippen LogP contribution < -0.4 is 10.6 Å². The minimum atomic E-state index is -0.114. The largest absolute Gasteiger partial charge is 0.322 e. The van der Waals surface area contributed by atoms with Crippen LogP contribution in [0.15, 0.2) is 36.5 Å². The van der Waals surface area contributed by atoms with E-state index in [1.54, 1.807) is 18.3 Å². The standard InChI is InChI=1S/C16H19N3O/c1-11-4-5-15(12(2)8-11)19-16(20)13-6-7-18-14(9-13)10-17-3/h4-9,17H,10H2,1-3H3,(H,19,20). The van der Waals surface area contributed by atoms with E-state index in [-0.39, 0.29) is 5.91 Å². The molecule has 4 nitrogen and oxygen atoms in total. The van der Waals surface area contributed by atoms with E-state index in [9.17, 15) is 4.79 Å². The molecule has 1 amide bonds. The first-order valence-electron chi connectivity index (χ1n) is 6.58. The summed E-state index contributed by atoms with van der Waals surface area (Å²) in [4.78, 5) is 16.5. The lowest BCUT2D eigenvalue weighted by atomic mass is 10.1. The van der Waals surface area contributed by atoms with Crippen molar-refractivity contribution < 1.29 is 4.79 Å². The number of aryl methyl sites for hydroxylation is 2. The summed E-state index contributed by atoms with van der Waals surface area (Å²) < 4.78 is 0. The first kappa shape index (κ1) is 14.2. The van der Waals surface area contributed by atoms with Crippen LogP contribution in [0.5, 0.6) is 0 Å². The second kappa shape index (κ2) is 6.30. The predicted octanol–water partition coefficient (Wildman–Crippen LogP) is 2.67. The first-order chi connectivity index (χ1) is 9.60.